The largest absolute Gasteiger partial charge is 0.452 e. The van der Waals surface area contributed by atoms with Crippen molar-refractivity contribution in [3.05, 3.63) is 58.0 Å². The summed E-state index contributed by atoms with van der Waals surface area (Å²) in [5, 5.41) is 0. The Morgan fingerprint density at radius 3 is 2.71 bits per heavy atom. The zero-order valence-corrected chi connectivity index (χ0v) is 15.6. The Morgan fingerprint density at radius 1 is 1.33 bits per heavy atom. The van der Waals surface area contributed by atoms with Gasteiger partial charge >= 0.3 is 0 Å². The second-order valence-electron chi connectivity index (χ2n) is 6.07. The average Bonchev–Trinajstić information content (AvgIpc) is 3.09. The van der Waals surface area contributed by atoms with Crippen LogP contribution in [0.2, 0.25) is 0 Å². The smallest absolute Gasteiger partial charge is 0.254 e. The van der Waals surface area contributed by atoms with Gasteiger partial charge in [-0.15, -0.1) is 0 Å². The molecular weight excluding hydrogens is 394 g/mol. The lowest BCUT2D eigenvalue weighted by Gasteiger charge is -2.27. The van der Waals surface area contributed by atoms with E-state index in [-0.39, 0.29) is 30.0 Å². The summed E-state index contributed by atoms with van der Waals surface area (Å²) in [7, 11) is -3.09. The van der Waals surface area contributed by atoms with Crippen LogP contribution in [0.3, 0.4) is 0 Å². The predicted molar refractivity (Wildman–Crippen MR) is 94.5 cm³/mol. The van der Waals surface area contributed by atoms with Gasteiger partial charge in [-0.25, -0.2) is 8.42 Å². The quantitative estimate of drug-likeness (QED) is 0.774. The van der Waals surface area contributed by atoms with Gasteiger partial charge < -0.3 is 9.32 Å². The van der Waals surface area contributed by atoms with Gasteiger partial charge in [0.05, 0.1) is 18.1 Å². The van der Waals surface area contributed by atoms with Crippen molar-refractivity contribution in [3.8, 4) is 0 Å². The van der Waals surface area contributed by atoms with Gasteiger partial charge in [-0.05, 0) is 53.5 Å². The van der Waals surface area contributed by atoms with E-state index >= 15 is 0 Å². The minimum absolute atomic E-state index is 0.00638. The van der Waals surface area contributed by atoms with Crippen LogP contribution in [-0.4, -0.2) is 36.8 Å². The molecule has 7 heteroatoms. The van der Waals surface area contributed by atoms with Crippen molar-refractivity contribution in [2.24, 2.45) is 0 Å². The van der Waals surface area contributed by atoms with Gasteiger partial charge in [-0.3, -0.25) is 4.79 Å². The minimum atomic E-state index is -3.09. The van der Waals surface area contributed by atoms with E-state index in [9.17, 15) is 13.2 Å². The molecule has 0 radical (unpaired) electrons. The molecule has 5 nitrogen and oxygen atoms in total. The van der Waals surface area contributed by atoms with Crippen molar-refractivity contribution in [1.82, 2.24) is 4.90 Å². The van der Waals surface area contributed by atoms with E-state index in [2.05, 4.69) is 15.9 Å². The predicted octanol–water partition coefficient (Wildman–Crippen LogP) is 3.18. The van der Waals surface area contributed by atoms with E-state index in [4.69, 9.17) is 4.42 Å². The topological polar surface area (TPSA) is 67.6 Å². The van der Waals surface area contributed by atoms with E-state index in [0.29, 0.717) is 22.4 Å². The number of hydrogen-bond donors (Lipinski definition) is 0. The van der Waals surface area contributed by atoms with Gasteiger partial charge in [0.15, 0.2) is 14.5 Å². The molecule has 0 unspecified atom stereocenters. The van der Waals surface area contributed by atoms with Crippen LogP contribution in [0.4, 0.5) is 0 Å². The van der Waals surface area contributed by atoms with Crippen molar-refractivity contribution >= 4 is 31.7 Å². The molecule has 2 aromatic rings. The Bertz CT molecular complexity index is 859. The molecule has 1 aromatic carbocycles. The summed E-state index contributed by atoms with van der Waals surface area (Å²) in [6.07, 6.45) is 0.460. The number of halogens is 1. The van der Waals surface area contributed by atoms with Crippen molar-refractivity contribution < 1.29 is 17.6 Å². The molecule has 1 amide bonds. The SMILES string of the molecule is Cc1cccc(C(=O)N(Cc2ccc(Br)o2)[C@H]2CCS(=O)(=O)C2)c1. The zero-order chi connectivity index (χ0) is 17.3. The van der Waals surface area contributed by atoms with Crippen LogP contribution >= 0.6 is 15.9 Å². The third kappa shape index (κ3) is 3.89. The summed E-state index contributed by atoms with van der Waals surface area (Å²) in [4.78, 5) is 14.6. The third-order valence-corrected chi connectivity index (χ3v) is 6.31. The highest BCUT2D eigenvalue weighted by atomic mass is 79.9. The number of hydrogen-bond acceptors (Lipinski definition) is 4. The first kappa shape index (κ1) is 17.2. The van der Waals surface area contributed by atoms with E-state index in [0.717, 1.165) is 5.56 Å². The number of nitrogens with zero attached hydrogens (tertiary/aromatic N) is 1. The molecule has 3 rings (SSSR count). The van der Waals surface area contributed by atoms with Crippen LogP contribution in [-0.2, 0) is 16.4 Å². The highest BCUT2D eigenvalue weighted by molar-refractivity contribution is 9.10. The maximum Gasteiger partial charge on any atom is 0.254 e. The van der Waals surface area contributed by atoms with E-state index < -0.39 is 9.84 Å². The summed E-state index contributed by atoms with van der Waals surface area (Å²) in [5.74, 6) is 0.573. The lowest BCUT2D eigenvalue weighted by Crippen LogP contribution is -2.40. The molecule has 0 N–H and O–H groups in total. The second kappa shape index (κ2) is 6.72. The van der Waals surface area contributed by atoms with Crippen LogP contribution in [0.5, 0.6) is 0 Å². The molecule has 24 heavy (non-hydrogen) atoms. The Labute approximate surface area is 149 Å². The molecule has 0 spiro atoms. The second-order valence-corrected chi connectivity index (χ2v) is 9.08. The molecule has 1 fully saturated rings. The van der Waals surface area contributed by atoms with Gasteiger partial charge in [-0.1, -0.05) is 17.7 Å². The summed E-state index contributed by atoms with van der Waals surface area (Å²) >= 11 is 3.25. The Hall–Kier alpha value is -1.60. The molecule has 0 aliphatic carbocycles. The van der Waals surface area contributed by atoms with E-state index in [1.807, 2.05) is 25.1 Å². The molecule has 128 valence electrons. The Morgan fingerprint density at radius 2 is 2.12 bits per heavy atom. The van der Waals surface area contributed by atoms with Gasteiger partial charge in [0.2, 0.25) is 0 Å². The fourth-order valence-corrected chi connectivity index (χ4v) is 5.01. The third-order valence-electron chi connectivity index (χ3n) is 4.13. The van der Waals surface area contributed by atoms with Crippen molar-refractivity contribution in [3.63, 3.8) is 0 Å². The molecule has 1 aliphatic heterocycles. The average molecular weight is 412 g/mol. The van der Waals surface area contributed by atoms with Gasteiger partial charge in [-0.2, -0.15) is 0 Å². The first-order chi connectivity index (χ1) is 11.3. The molecule has 0 bridgehead atoms. The molecule has 1 saturated heterocycles. The summed E-state index contributed by atoms with van der Waals surface area (Å²) in [6.45, 7) is 2.17. The Kier molecular flexibility index (Phi) is 4.83. The Balaban J connectivity index is 1.90. The maximum absolute atomic E-state index is 13.0. The fourth-order valence-electron chi connectivity index (χ4n) is 2.94. The van der Waals surface area contributed by atoms with Gasteiger partial charge in [0.25, 0.3) is 5.91 Å². The van der Waals surface area contributed by atoms with Crippen LogP contribution in [0, 0.1) is 6.92 Å². The number of aryl methyl sites for hydroxylation is 1. The lowest BCUT2D eigenvalue weighted by atomic mass is 10.1. The molecule has 2 heterocycles. The number of carbonyl (C=O) groups is 1. The molecule has 1 atom stereocenters. The van der Waals surface area contributed by atoms with E-state index in [1.165, 1.54) is 0 Å². The summed E-state index contributed by atoms with van der Waals surface area (Å²) < 4.78 is 29.8. The number of amides is 1. The number of carbonyl (C=O) groups excluding carboxylic acids is 1. The first-order valence-electron chi connectivity index (χ1n) is 7.66. The molecule has 1 aliphatic rings. The van der Waals surface area contributed by atoms with Crippen LogP contribution in [0.25, 0.3) is 0 Å². The van der Waals surface area contributed by atoms with Crippen molar-refractivity contribution in [2.45, 2.75) is 25.9 Å². The standard InChI is InChI=1S/C17H18BrNO4S/c1-12-3-2-4-13(9-12)17(20)19(10-15-5-6-16(18)23-15)14-7-8-24(21,22)11-14/h2-6,9,14H,7-8,10-11H2,1H3/t14-/m0/s1. The molecule has 0 saturated carbocycles. The highest BCUT2D eigenvalue weighted by Crippen LogP contribution is 2.24. The molecular formula is C17H18BrNO4S. The monoisotopic (exact) mass is 411 g/mol. The fraction of sp³-hybridized carbons (Fsp3) is 0.353. The summed E-state index contributed by atoms with van der Waals surface area (Å²) in [6, 6.07) is 10.5. The molecule has 1 aromatic heterocycles. The maximum atomic E-state index is 13.0. The zero-order valence-electron chi connectivity index (χ0n) is 13.2. The van der Waals surface area contributed by atoms with Crippen LogP contribution in [0.15, 0.2) is 45.5 Å². The number of rotatable bonds is 4. The van der Waals surface area contributed by atoms with Crippen LogP contribution in [0.1, 0.15) is 28.1 Å². The number of sulfone groups is 1. The van der Waals surface area contributed by atoms with Gasteiger partial charge in [0, 0.05) is 11.6 Å². The lowest BCUT2D eigenvalue weighted by molar-refractivity contribution is 0.0665. The minimum Gasteiger partial charge on any atom is -0.452 e. The highest BCUT2D eigenvalue weighted by Gasteiger charge is 2.35. The van der Waals surface area contributed by atoms with Crippen molar-refractivity contribution in [1.29, 1.82) is 0 Å². The summed E-state index contributed by atoms with van der Waals surface area (Å²) in [5.41, 5.74) is 1.55. The first-order valence-corrected chi connectivity index (χ1v) is 10.3. The van der Waals surface area contributed by atoms with Crippen LogP contribution < -0.4 is 0 Å². The van der Waals surface area contributed by atoms with Crippen molar-refractivity contribution in [2.75, 3.05) is 11.5 Å². The number of benzene rings is 1. The normalized spacial score (nSPS) is 19.3. The number of furan rings is 1. The van der Waals surface area contributed by atoms with E-state index in [1.54, 1.807) is 23.1 Å². The van der Waals surface area contributed by atoms with Gasteiger partial charge in [0.1, 0.15) is 5.76 Å².